The van der Waals surface area contributed by atoms with Gasteiger partial charge in [0.25, 0.3) is 0 Å². The van der Waals surface area contributed by atoms with Crippen LogP contribution in [-0.2, 0) is 0 Å². The Morgan fingerprint density at radius 2 is 1.94 bits per heavy atom. The van der Waals surface area contributed by atoms with Gasteiger partial charge >= 0.3 is 0 Å². The van der Waals surface area contributed by atoms with Gasteiger partial charge in [-0.2, -0.15) is 0 Å². The van der Waals surface area contributed by atoms with Crippen molar-refractivity contribution in [3.8, 4) is 0 Å². The average Bonchev–Trinajstić information content (AvgIpc) is 2.30. The number of aliphatic hydroxyl groups is 1. The van der Waals surface area contributed by atoms with Gasteiger partial charge < -0.3 is 10.4 Å². The number of hydrogen-bond donors (Lipinski definition) is 2. The highest BCUT2D eigenvalue weighted by atomic mass is 16.3. The standard InChI is InChI=1S/C13H26N2O/c1-11-9-15(10-12(14-11)7-8-16)13-5-3-2-4-6-13/h11-14,16H,2-10H2,1H3. The molecule has 94 valence electrons. The van der Waals surface area contributed by atoms with Gasteiger partial charge in [0, 0.05) is 37.8 Å². The molecule has 3 nitrogen and oxygen atoms in total. The monoisotopic (exact) mass is 226 g/mol. The lowest BCUT2D eigenvalue weighted by Crippen LogP contribution is -2.58. The zero-order chi connectivity index (χ0) is 11.4. The summed E-state index contributed by atoms with van der Waals surface area (Å²) in [6.07, 6.45) is 7.92. The summed E-state index contributed by atoms with van der Waals surface area (Å²) in [6.45, 7) is 4.89. The van der Waals surface area contributed by atoms with E-state index < -0.39 is 0 Å². The molecule has 2 unspecified atom stereocenters. The maximum Gasteiger partial charge on any atom is 0.0446 e. The molecule has 0 spiro atoms. The zero-order valence-corrected chi connectivity index (χ0v) is 10.5. The molecule has 1 heterocycles. The van der Waals surface area contributed by atoms with Gasteiger partial charge in [0.05, 0.1) is 0 Å². The molecule has 1 saturated heterocycles. The third-order valence-corrected chi connectivity index (χ3v) is 4.05. The van der Waals surface area contributed by atoms with E-state index in [1.165, 1.54) is 38.6 Å². The van der Waals surface area contributed by atoms with E-state index in [4.69, 9.17) is 5.11 Å². The summed E-state index contributed by atoms with van der Waals surface area (Å²) in [5, 5.41) is 12.6. The van der Waals surface area contributed by atoms with Crippen LogP contribution in [0.1, 0.15) is 45.4 Å². The van der Waals surface area contributed by atoms with Crippen LogP contribution in [0.4, 0.5) is 0 Å². The van der Waals surface area contributed by atoms with Crippen molar-refractivity contribution in [2.24, 2.45) is 0 Å². The molecule has 0 bridgehead atoms. The van der Waals surface area contributed by atoms with E-state index >= 15 is 0 Å². The molecule has 1 aliphatic carbocycles. The number of hydrogen-bond acceptors (Lipinski definition) is 3. The van der Waals surface area contributed by atoms with Crippen LogP contribution in [0.25, 0.3) is 0 Å². The largest absolute Gasteiger partial charge is 0.396 e. The number of rotatable bonds is 3. The number of nitrogens with zero attached hydrogens (tertiary/aromatic N) is 1. The fourth-order valence-electron chi connectivity index (χ4n) is 3.29. The van der Waals surface area contributed by atoms with Crippen LogP contribution >= 0.6 is 0 Å². The molecule has 16 heavy (non-hydrogen) atoms. The van der Waals surface area contributed by atoms with Crippen molar-refractivity contribution in [2.45, 2.75) is 63.6 Å². The molecule has 3 heteroatoms. The van der Waals surface area contributed by atoms with Crippen LogP contribution in [0.15, 0.2) is 0 Å². The maximum absolute atomic E-state index is 9.04. The molecule has 0 amide bonds. The van der Waals surface area contributed by atoms with Gasteiger partial charge in [-0.05, 0) is 26.2 Å². The highest BCUT2D eigenvalue weighted by molar-refractivity contribution is 4.88. The van der Waals surface area contributed by atoms with Crippen molar-refractivity contribution in [3.63, 3.8) is 0 Å². The Hall–Kier alpha value is -0.120. The molecule has 0 aromatic heterocycles. The van der Waals surface area contributed by atoms with Gasteiger partial charge in [-0.15, -0.1) is 0 Å². The van der Waals surface area contributed by atoms with E-state index in [1.54, 1.807) is 0 Å². The van der Waals surface area contributed by atoms with E-state index in [2.05, 4.69) is 17.1 Å². The van der Waals surface area contributed by atoms with Crippen LogP contribution in [-0.4, -0.2) is 47.8 Å². The second-order valence-electron chi connectivity index (χ2n) is 5.52. The van der Waals surface area contributed by atoms with Gasteiger partial charge in [0.2, 0.25) is 0 Å². The Labute approximate surface area is 99.2 Å². The van der Waals surface area contributed by atoms with Gasteiger partial charge in [-0.1, -0.05) is 19.3 Å². The molecule has 1 aliphatic heterocycles. The fraction of sp³-hybridized carbons (Fsp3) is 1.00. The highest BCUT2D eigenvalue weighted by Crippen LogP contribution is 2.24. The van der Waals surface area contributed by atoms with Crippen molar-refractivity contribution in [1.29, 1.82) is 0 Å². The molecule has 0 aromatic carbocycles. The van der Waals surface area contributed by atoms with E-state index in [0.717, 1.165) is 19.0 Å². The molecule has 2 N–H and O–H groups in total. The Kier molecular flexibility index (Phi) is 4.62. The highest BCUT2D eigenvalue weighted by Gasteiger charge is 2.29. The summed E-state index contributed by atoms with van der Waals surface area (Å²) in [5.74, 6) is 0. The second-order valence-corrected chi connectivity index (χ2v) is 5.52. The Balaban J connectivity index is 1.87. The summed E-state index contributed by atoms with van der Waals surface area (Å²) in [5.41, 5.74) is 0. The van der Waals surface area contributed by atoms with Crippen molar-refractivity contribution in [3.05, 3.63) is 0 Å². The van der Waals surface area contributed by atoms with E-state index in [9.17, 15) is 0 Å². The number of nitrogens with one attached hydrogen (secondary N) is 1. The first-order chi connectivity index (χ1) is 7.79. The average molecular weight is 226 g/mol. The molecule has 2 atom stereocenters. The van der Waals surface area contributed by atoms with Gasteiger partial charge in [-0.25, -0.2) is 0 Å². The lowest BCUT2D eigenvalue weighted by Gasteiger charge is -2.43. The Morgan fingerprint density at radius 3 is 2.62 bits per heavy atom. The first-order valence-corrected chi connectivity index (χ1v) is 6.90. The summed E-state index contributed by atoms with van der Waals surface area (Å²) in [6, 6.07) is 1.89. The summed E-state index contributed by atoms with van der Waals surface area (Å²) in [4.78, 5) is 2.67. The van der Waals surface area contributed by atoms with E-state index in [0.29, 0.717) is 18.7 Å². The molecule has 2 aliphatic rings. The van der Waals surface area contributed by atoms with Crippen LogP contribution in [0.5, 0.6) is 0 Å². The first-order valence-electron chi connectivity index (χ1n) is 6.90. The fourth-order valence-corrected chi connectivity index (χ4v) is 3.29. The first kappa shape index (κ1) is 12.3. The summed E-state index contributed by atoms with van der Waals surface area (Å²) >= 11 is 0. The second kappa shape index (κ2) is 5.99. The van der Waals surface area contributed by atoms with Crippen molar-refractivity contribution in [1.82, 2.24) is 10.2 Å². The minimum absolute atomic E-state index is 0.308. The lowest BCUT2D eigenvalue weighted by molar-refractivity contribution is 0.0859. The minimum atomic E-state index is 0.308. The van der Waals surface area contributed by atoms with Gasteiger partial charge in [-0.3, -0.25) is 4.90 Å². The smallest absolute Gasteiger partial charge is 0.0446 e. The van der Waals surface area contributed by atoms with E-state index in [-0.39, 0.29) is 0 Å². The van der Waals surface area contributed by atoms with Crippen LogP contribution in [0.2, 0.25) is 0 Å². The number of piperazine rings is 1. The molecule has 0 aromatic rings. The summed E-state index contributed by atoms with van der Waals surface area (Å²) in [7, 11) is 0. The van der Waals surface area contributed by atoms with Gasteiger partial charge in [0.1, 0.15) is 0 Å². The van der Waals surface area contributed by atoms with Crippen LogP contribution in [0.3, 0.4) is 0 Å². The molecular weight excluding hydrogens is 200 g/mol. The SMILES string of the molecule is CC1CN(C2CCCCC2)CC(CCO)N1. The zero-order valence-electron chi connectivity index (χ0n) is 10.5. The predicted octanol–water partition coefficient (Wildman–Crippen LogP) is 1.36. The van der Waals surface area contributed by atoms with Gasteiger partial charge in [0.15, 0.2) is 0 Å². The third-order valence-electron chi connectivity index (χ3n) is 4.05. The molecule has 1 saturated carbocycles. The third kappa shape index (κ3) is 3.19. The Morgan fingerprint density at radius 1 is 1.19 bits per heavy atom. The van der Waals surface area contributed by atoms with Crippen molar-refractivity contribution < 1.29 is 5.11 Å². The summed E-state index contributed by atoms with van der Waals surface area (Å²) < 4.78 is 0. The Bertz CT molecular complexity index is 204. The normalized spacial score (nSPS) is 34.1. The van der Waals surface area contributed by atoms with Crippen LogP contribution < -0.4 is 5.32 Å². The maximum atomic E-state index is 9.04. The van der Waals surface area contributed by atoms with Crippen LogP contribution in [0, 0.1) is 0 Å². The number of aliphatic hydroxyl groups excluding tert-OH is 1. The van der Waals surface area contributed by atoms with E-state index in [1.807, 2.05) is 0 Å². The molecular formula is C13H26N2O. The quantitative estimate of drug-likeness (QED) is 0.763. The minimum Gasteiger partial charge on any atom is -0.396 e. The lowest BCUT2D eigenvalue weighted by atomic mass is 9.92. The van der Waals surface area contributed by atoms with Crippen molar-refractivity contribution >= 4 is 0 Å². The topological polar surface area (TPSA) is 35.5 Å². The molecule has 0 radical (unpaired) electrons. The predicted molar refractivity (Wildman–Crippen MR) is 66.5 cm³/mol. The molecule has 2 fully saturated rings. The van der Waals surface area contributed by atoms with Crippen molar-refractivity contribution in [2.75, 3.05) is 19.7 Å². The molecule has 2 rings (SSSR count).